The van der Waals surface area contributed by atoms with Gasteiger partial charge in [0, 0.05) is 10.9 Å². The summed E-state index contributed by atoms with van der Waals surface area (Å²) in [6.45, 7) is 6.20. The SMILES string of the molecule is CC(C)c1nnc(Cl)n1C(C)c1cccc(Cl)c1. The lowest BCUT2D eigenvalue weighted by Crippen LogP contribution is -2.12. The molecule has 2 rings (SSSR count). The molecule has 0 saturated heterocycles. The lowest BCUT2D eigenvalue weighted by Gasteiger charge is -2.18. The number of benzene rings is 1. The molecule has 0 amide bonds. The molecule has 5 heteroatoms. The van der Waals surface area contributed by atoms with Crippen LogP contribution in [0.3, 0.4) is 0 Å². The van der Waals surface area contributed by atoms with E-state index in [0.717, 1.165) is 16.4 Å². The first-order valence-electron chi connectivity index (χ1n) is 5.86. The zero-order valence-electron chi connectivity index (χ0n) is 10.6. The lowest BCUT2D eigenvalue weighted by atomic mass is 10.1. The van der Waals surface area contributed by atoms with Crippen molar-refractivity contribution >= 4 is 23.2 Å². The van der Waals surface area contributed by atoms with Crippen LogP contribution in [0.5, 0.6) is 0 Å². The van der Waals surface area contributed by atoms with Crippen LogP contribution in [0.4, 0.5) is 0 Å². The fourth-order valence-electron chi connectivity index (χ4n) is 1.95. The Morgan fingerprint density at radius 3 is 2.44 bits per heavy atom. The van der Waals surface area contributed by atoms with Gasteiger partial charge >= 0.3 is 0 Å². The van der Waals surface area contributed by atoms with Crippen LogP contribution >= 0.6 is 23.2 Å². The second kappa shape index (κ2) is 5.29. The Morgan fingerprint density at radius 2 is 1.83 bits per heavy atom. The second-order valence-electron chi connectivity index (χ2n) is 4.58. The van der Waals surface area contributed by atoms with Gasteiger partial charge in [0.25, 0.3) is 0 Å². The topological polar surface area (TPSA) is 30.7 Å². The number of halogens is 2. The van der Waals surface area contributed by atoms with E-state index in [-0.39, 0.29) is 12.0 Å². The molecule has 0 bridgehead atoms. The highest BCUT2D eigenvalue weighted by molar-refractivity contribution is 6.30. The molecule has 1 aromatic heterocycles. The quantitative estimate of drug-likeness (QED) is 0.840. The average Bonchev–Trinajstić information content (AvgIpc) is 2.70. The van der Waals surface area contributed by atoms with E-state index >= 15 is 0 Å². The van der Waals surface area contributed by atoms with Crippen LogP contribution in [0.2, 0.25) is 10.3 Å². The maximum atomic E-state index is 6.13. The van der Waals surface area contributed by atoms with Gasteiger partial charge in [0.15, 0.2) is 0 Å². The van der Waals surface area contributed by atoms with Gasteiger partial charge in [0.05, 0.1) is 6.04 Å². The standard InChI is InChI=1S/C13H15Cl2N3/c1-8(2)12-16-17-13(15)18(12)9(3)10-5-4-6-11(14)7-10/h4-9H,1-3H3. The Hall–Kier alpha value is -1.06. The Morgan fingerprint density at radius 1 is 1.11 bits per heavy atom. The first kappa shape index (κ1) is 13.4. The first-order valence-corrected chi connectivity index (χ1v) is 6.62. The smallest absolute Gasteiger partial charge is 0.225 e. The van der Waals surface area contributed by atoms with E-state index in [0.29, 0.717) is 5.28 Å². The third-order valence-electron chi connectivity index (χ3n) is 2.92. The van der Waals surface area contributed by atoms with E-state index in [2.05, 4.69) is 31.0 Å². The van der Waals surface area contributed by atoms with Gasteiger partial charge in [-0.25, -0.2) is 0 Å². The fraction of sp³-hybridized carbons (Fsp3) is 0.385. The molecule has 96 valence electrons. The summed E-state index contributed by atoms with van der Waals surface area (Å²) < 4.78 is 1.94. The molecular weight excluding hydrogens is 269 g/mol. The highest BCUT2D eigenvalue weighted by atomic mass is 35.5. The van der Waals surface area contributed by atoms with E-state index in [1.54, 1.807) is 0 Å². The van der Waals surface area contributed by atoms with Crippen LogP contribution < -0.4 is 0 Å². The summed E-state index contributed by atoms with van der Waals surface area (Å²) in [5.41, 5.74) is 1.09. The summed E-state index contributed by atoms with van der Waals surface area (Å²) >= 11 is 12.1. The molecule has 0 fully saturated rings. The van der Waals surface area contributed by atoms with Crippen molar-refractivity contribution in [1.29, 1.82) is 0 Å². The Bertz CT molecular complexity index is 549. The van der Waals surface area contributed by atoms with Crippen molar-refractivity contribution < 1.29 is 0 Å². The summed E-state index contributed by atoms with van der Waals surface area (Å²) in [7, 11) is 0. The van der Waals surface area contributed by atoms with Crippen molar-refractivity contribution in [3.63, 3.8) is 0 Å². The maximum absolute atomic E-state index is 6.13. The van der Waals surface area contributed by atoms with Gasteiger partial charge in [0.1, 0.15) is 5.82 Å². The van der Waals surface area contributed by atoms with Crippen LogP contribution in [-0.4, -0.2) is 14.8 Å². The van der Waals surface area contributed by atoms with Crippen LogP contribution in [0.1, 0.15) is 44.1 Å². The highest BCUT2D eigenvalue weighted by Crippen LogP contribution is 2.27. The van der Waals surface area contributed by atoms with Gasteiger partial charge in [-0.05, 0) is 36.2 Å². The molecule has 0 radical (unpaired) electrons. The van der Waals surface area contributed by atoms with Crippen LogP contribution in [0, 0.1) is 0 Å². The molecule has 1 heterocycles. The lowest BCUT2D eigenvalue weighted by molar-refractivity contribution is 0.579. The second-order valence-corrected chi connectivity index (χ2v) is 5.36. The average molecular weight is 284 g/mol. The third-order valence-corrected chi connectivity index (χ3v) is 3.41. The third kappa shape index (κ3) is 2.52. The monoisotopic (exact) mass is 283 g/mol. The van der Waals surface area contributed by atoms with E-state index in [4.69, 9.17) is 23.2 Å². The largest absolute Gasteiger partial charge is 0.294 e. The number of nitrogens with zero attached hydrogens (tertiary/aromatic N) is 3. The zero-order valence-corrected chi connectivity index (χ0v) is 12.1. The van der Waals surface area contributed by atoms with Crippen LogP contribution in [0.15, 0.2) is 24.3 Å². The molecule has 3 nitrogen and oxygen atoms in total. The molecule has 0 aliphatic rings. The maximum Gasteiger partial charge on any atom is 0.225 e. The molecule has 0 spiro atoms. The number of rotatable bonds is 3. The minimum atomic E-state index is 0.0589. The van der Waals surface area contributed by atoms with Crippen molar-refractivity contribution in [1.82, 2.24) is 14.8 Å². The summed E-state index contributed by atoms with van der Waals surface area (Å²) in [5, 5.41) is 9.21. The van der Waals surface area contributed by atoms with Gasteiger partial charge in [-0.1, -0.05) is 37.6 Å². The Balaban J connectivity index is 2.45. The molecule has 1 atom stereocenters. The number of hydrogen-bond donors (Lipinski definition) is 0. The van der Waals surface area contributed by atoms with Crippen molar-refractivity contribution in [2.75, 3.05) is 0 Å². The van der Waals surface area contributed by atoms with Crippen LogP contribution in [-0.2, 0) is 0 Å². The predicted octanol–water partition coefficient (Wildman–Crippen LogP) is 4.32. The molecular formula is C13H15Cl2N3. The van der Waals surface area contributed by atoms with E-state index < -0.39 is 0 Å². The van der Waals surface area contributed by atoms with Crippen molar-refractivity contribution in [3.05, 3.63) is 46.0 Å². The molecule has 0 N–H and O–H groups in total. The normalized spacial score (nSPS) is 13.0. The van der Waals surface area contributed by atoms with Gasteiger partial charge in [0.2, 0.25) is 5.28 Å². The molecule has 2 aromatic rings. The van der Waals surface area contributed by atoms with Crippen molar-refractivity contribution in [3.8, 4) is 0 Å². The molecule has 1 aromatic carbocycles. The number of hydrogen-bond acceptors (Lipinski definition) is 2. The molecule has 0 aliphatic heterocycles. The number of aromatic nitrogens is 3. The molecule has 0 saturated carbocycles. The fourth-order valence-corrected chi connectivity index (χ4v) is 2.42. The minimum Gasteiger partial charge on any atom is -0.294 e. The summed E-state index contributed by atoms with van der Waals surface area (Å²) in [6.07, 6.45) is 0. The zero-order chi connectivity index (χ0) is 13.3. The summed E-state index contributed by atoms with van der Waals surface area (Å²) in [6, 6.07) is 7.81. The molecule has 18 heavy (non-hydrogen) atoms. The summed E-state index contributed by atoms with van der Waals surface area (Å²) in [5.74, 6) is 1.15. The van der Waals surface area contributed by atoms with E-state index in [9.17, 15) is 0 Å². The van der Waals surface area contributed by atoms with Crippen molar-refractivity contribution in [2.45, 2.75) is 32.7 Å². The van der Waals surface area contributed by atoms with E-state index in [1.165, 1.54) is 0 Å². The molecule has 0 aliphatic carbocycles. The Kier molecular flexibility index (Phi) is 3.93. The molecule has 1 unspecified atom stereocenters. The van der Waals surface area contributed by atoms with Gasteiger partial charge < -0.3 is 0 Å². The highest BCUT2D eigenvalue weighted by Gasteiger charge is 2.19. The summed E-state index contributed by atoms with van der Waals surface area (Å²) in [4.78, 5) is 0. The van der Waals surface area contributed by atoms with Gasteiger partial charge in [-0.15, -0.1) is 10.2 Å². The van der Waals surface area contributed by atoms with Crippen molar-refractivity contribution in [2.24, 2.45) is 0 Å². The van der Waals surface area contributed by atoms with Gasteiger partial charge in [-0.3, -0.25) is 4.57 Å². The predicted molar refractivity (Wildman–Crippen MR) is 74.4 cm³/mol. The minimum absolute atomic E-state index is 0.0589. The van der Waals surface area contributed by atoms with Crippen LogP contribution in [0.25, 0.3) is 0 Å². The van der Waals surface area contributed by atoms with Gasteiger partial charge in [-0.2, -0.15) is 0 Å². The van der Waals surface area contributed by atoms with E-state index in [1.807, 2.05) is 28.8 Å². The Labute approximate surface area is 117 Å². The first-order chi connectivity index (χ1) is 8.50.